The zero-order valence-electron chi connectivity index (χ0n) is 10.4. The second-order valence-electron chi connectivity index (χ2n) is 4.46. The van der Waals surface area contributed by atoms with Gasteiger partial charge in [0, 0.05) is 25.6 Å². The number of nitrogens with two attached hydrogens (primary N) is 1. The normalized spacial score (nSPS) is 23.9. The van der Waals surface area contributed by atoms with Crippen molar-refractivity contribution in [2.24, 2.45) is 0 Å². The summed E-state index contributed by atoms with van der Waals surface area (Å²) in [6.45, 7) is 2.02. The van der Waals surface area contributed by atoms with Crippen LogP contribution < -0.4 is 11.1 Å². The summed E-state index contributed by atoms with van der Waals surface area (Å²) in [7, 11) is 1.77. The Balaban J connectivity index is 2.01. The highest BCUT2D eigenvalue weighted by Crippen LogP contribution is 2.24. The first kappa shape index (κ1) is 12.1. The van der Waals surface area contributed by atoms with E-state index in [1.807, 2.05) is 6.92 Å². The van der Waals surface area contributed by atoms with E-state index >= 15 is 0 Å². The summed E-state index contributed by atoms with van der Waals surface area (Å²) in [6, 6.07) is 2.22. The molecule has 17 heavy (non-hydrogen) atoms. The molecular formula is C12H20N4O. The zero-order valence-corrected chi connectivity index (χ0v) is 10.4. The third-order valence-corrected chi connectivity index (χ3v) is 3.18. The van der Waals surface area contributed by atoms with E-state index in [1.165, 1.54) is 0 Å². The Morgan fingerprint density at radius 3 is 2.94 bits per heavy atom. The van der Waals surface area contributed by atoms with Gasteiger partial charge in [-0.15, -0.1) is 0 Å². The summed E-state index contributed by atoms with van der Waals surface area (Å²) in [5, 5.41) is 3.41. The van der Waals surface area contributed by atoms with Crippen LogP contribution in [0.15, 0.2) is 6.07 Å². The Morgan fingerprint density at radius 1 is 1.47 bits per heavy atom. The van der Waals surface area contributed by atoms with Crippen molar-refractivity contribution in [1.82, 2.24) is 9.97 Å². The van der Waals surface area contributed by atoms with E-state index in [9.17, 15) is 0 Å². The minimum atomic E-state index is 0.373. The van der Waals surface area contributed by atoms with Crippen LogP contribution >= 0.6 is 0 Å². The molecule has 1 fully saturated rings. The summed E-state index contributed by atoms with van der Waals surface area (Å²) in [5.41, 5.74) is 5.75. The van der Waals surface area contributed by atoms with Crippen LogP contribution in [0.5, 0.6) is 0 Å². The maximum Gasteiger partial charge on any atom is 0.132 e. The van der Waals surface area contributed by atoms with Crippen LogP contribution in [0, 0.1) is 0 Å². The number of anilines is 2. The monoisotopic (exact) mass is 236 g/mol. The van der Waals surface area contributed by atoms with E-state index in [-0.39, 0.29) is 0 Å². The molecule has 5 heteroatoms. The highest BCUT2D eigenvalue weighted by atomic mass is 16.5. The predicted molar refractivity (Wildman–Crippen MR) is 67.9 cm³/mol. The van der Waals surface area contributed by atoms with Crippen molar-refractivity contribution in [1.29, 1.82) is 0 Å². The van der Waals surface area contributed by atoms with Crippen molar-refractivity contribution in [3.05, 3.63) is 11.9 Å². The van der Waals surface area contributed by atoms with Gasteiger partial charge in [0.2, 0.25) is 0 Å². The lowest BCUT2D eigenvalue weighted by molar-refractivity contribution is 0.108. The van der Waals surface area contributed by atoms with Crippen LogP contribution in [0.3, 0.4) is 0 Å². The first-order valence-corrected chi connectivity index (χ1v) is 6.14. The van der Waals surface area contributed by atoms with Crippen LogP contribution in [-0.2, 0) is 11.2 Å². The molecule has 1 aromatic heterocycles. The van der Waals surface area contributed by atoms with Crippen molar-refractivity contribution in [2.45, 2.75) is 44.8 Å². The average molecular weight is 236 g/mol. The predicted octanol–water partition coefficient (Wildman–Crippen LogP) is 1.60. The van der Waals surface area contributed by atoms with Crippen LogP contribution in [0.2, 0.25) is 0 Å². The quantitative estimate of drug-likeness (QED) is 0.830. The summed E-state index contributed by atoms with van der Waals surface area (Å²) in [5.74, 6) is 2.14. The van der Waals surface area contributed by atoms with Crippen LogP contribution in [-0.4, -0.2) is 29.2 Å². The molecule has 2 atom stereocenters. The highest BCUT2D eigenvalue weighted by Gasteiger charge is 2.24. The Hall–Kier alpha value is -1.36. The van der Waals surface area contributed by atoms with E-state index in [0.717, 1.165) is 37.3 Å². The summed E-state index contributed by atoms with van der Waals surface area (Å²) < 4.78 is 5.35. The van der Waals surface area contributed by atoms with E-state index in [2.05, 4.69) is 15.3 Å². The maximum absolute atomic E-state index is 5.75. The van der Waals surface area contributed by atoms with E-state index < -0.39 is 0 Å². The molecule has 1 aromatic rings. The minimum Gasteiger partial charge on any atom is -0.384 e. The lowest BCUT2D eigenvalue weighted by Gasteiger charge is -2.14. The number of methoxy groups -OCH3 is 1. The summed E-state index contributed by atoms with van der Waals surface area (Å²) >= 11 is 0. The van der Waals surface area contributed by atoms with Gasteiger partial charge in [-0.25, -0.2) is 9.97 Å². The first-order valence-electron chi connectivity index (χ1n) is 6.14. The molecular weight excluding hydrogens is 216 g/mol. The van der Waals surface area contributed by atoms with E-state index in [4.69, 9.17) is 10.5 Å². The molecule has 0 radical (unpaired) electrons. The Morgan fingerprint density at radius 2 is 2.29 bits per heavy atom. The van der Waals surface area contributed by atoms with Gasteiger partial charge in [-0.3, -0.25) is 0 Å². The number of ether oxygens (including phenoxy) is 1. The summed E-state index contributed by atoms with van der Waals surface area (Å²) in [4.78, 5) is 8.58. The van der Waals surface area contributed by atoms with Crippen LogP contribution in [0.4, 0.5) is 11.6 Å². The Kier molecular flexibility index (Phi) is 3.78. The number of aryl methyl sites for hydroxylation is 1. The molecule has 0 spiro atoms. The number of hydrogen-bond acceptors (Lipinski definition) is 5. The average Bonchev–Trinajstić information content (AvgIpc) is 2.76. The molecule has 2 rings (SSSR count). The third kappa shape index (κ3) is 3.06. The molecule has 3 N–H and O–H groups in total. The molecule has 2 unspecified atom stereocenters. The zero-order chi connectivity index (χ0) is 12.3. The van der Waals surface area contributed by atoms with Gasteiger partial charge in [-0.1, -0.05) is 6.92 Å². The molecule has 1 aliphatic carbocycles. The lowest BCUT2D eigenvalue weighted by atomic mass is 10.2. The molecule has 1 saturated carbocycles. The van der Waals surface area contributed by atoms with Gasteiger partial charge >= 0.3 is 0 Å². The van der Waals surface area contributed by atoms with Crippen molar-refractivity contribution >= 4 is 11.6 Å². The number of nitrogens with one attached hydrogen (secondary N) is 1. The van der Waals surface area contributed by atoms with Crippen LogP contribution in [0.1, 0.15) is 32.0 Å². The molecule has 0 amide bonds. The van der Waals surface area contributed by atoms with Gasteiger partial charge in [0.15, 0.2) is 0 Å². The number of hydrogen-bond donors (Lipinski definition) is 2. The molecule has 0 aromatic carbocycles. The lowest BCUT2D eigenvalue weighted by Crippen LogP contribution is -2.18. The first-order chi connectivity index (χ1) is 8.21. The fourth-order valence-electron chi connectivity index (χ4n) is 2.24. The second kappa shape index (κ2) is 5.31. The third-order valence-electron chi connectivity index (χ3n) is 3.18. The standard InChI is InChI=1S/C12H20N4O/c1-3-11-15-10(13)7-12(16-11)14-8-4-5-9(6-8)17-2/h7-9H,3-6H2,1-2H3,(H3,13,14,15,16). The van der Waals surface area contributed by atoms with Crippen molar-refractivity contribution in [3.63, 3.8) is 0 Å². The van der Waals surface area contributed by atoms with Gasteiger partial charge in [0.1, 0.15) is 17.5 Å². The maximum atomic E-state index is 5.75. The molecule has 1 heterocycles. The summed E-state index contributed by atoms with van der Waals surface area (Å²) in [6.07, 6.45) is 4.42. The number of nitrogens with zero attached hydrogens (tertiary/aromatic N) is 2. The fourth-order valence-corrected chi connectivity index (χ4v) is 2.24. The van der Waals surface area contributed by atoms with Gasteiger partial charge < -0.3 is 15.8 Å². The number of nitrogen functional groups attached to an aromatic ring is 1. The minimum absolute atomic E-state index is 0.373. The van der Waals surface area contributed by atoms with Crippen molar-refractivity contribution < 1.29 is 4.74 Å². The SMILES string of the molecule is CCc1nc(N)cc(NC2CCC(OC)C2)n1. The number of rotatable bonds is 4. The molecule has 5 nitrogen and oxygen atoms in total. The van der Waals surface area contributed by atoms with Crippen molar-refractivity contribution in [2.75, 3.05) is 18.2 Å². The van der Waals surface area contributed by atoms with E-state index in [1.54, 1.807) is 13.2 Å². The largest absolute Gasteiger partial charge is 0.384 e. The molecule has 1 aliphatic rings. The van der Waals surface area contributed by atoms with Gasteiger partial charge in [-0.2, -0.15) is 0 Å². The van der Waals surface area contributed by atoms with E-state index in [0.29, 0.717) is 18.0 Å². The van der Waals surface area contributed by atoms with Crippen molar-refractivity contribution in [3.8, 4) is 0 Å². The Labute approximate surface area is 102 Å². The van der Waals surface area contributed by atoms with Crippen LogP contribution in [0.25, 0.3) is 0 Å². The van der Waals surface area contributed by atoms with Gasteiger partial charge in [-0.05, 0) is 19.3 Å². The Bertz CT molecular complexity index is 383. The molecule has 0 saturated heterocycles. The van der Waals surface area contributed by atoms with Gasteiger partial charge in [0.05, 0.1) is 6.10 Å². The highest BCUT2D eigenvalue weighted by molar-refractivity contribution is 5.45. The molecule has 94 valence electrons. The fraction of sp³-hybridized carbons (Fsp3) is 0.667. The topological polar surface area (TPSA) is 73.1 Å². The second-order valence-corrected chi connectivity index (χ2v) is 4.46. The van der Waals surface area contributed by atoms with Gasteiger partial charge in [0.25, 0.3) is 0 Å². The molecule has 0 aliphatic heterocycles. The number of aromatic nitrogens is 2. The smallest absolute Gasteiger partial charge is 0.132 e. The molecule has 0 bridgehead atoms.